The molecule has 0 saturated carbocycles. The minimum Gasteiger partial charge on any atom is -0.369 e. The van der Waals surface area contributed by atoms with Crippen molar-refractivity contribution in [1.29, 1.82) is 5.26 Å². The van der Waals surface area contributed by atoms with Gasteiger partial charge in [0.1, 0.15) is 0 Å². The largest absolute Gasteiger partial charge is 0.369 e. The first-order valence-corrected chi connectivity index (χ1v) is 16.4. The summed E-state index contributed by atoms with van der Waals surface area (Å²) in [4.78, 5) is 46.2. The molecule has 6 rings (SSSR count). The SMILES string of the molecule is N#CC1CCc2nc(NC(=O)Nc3cccc(Cl)c3)sc2C1.NC(=O)C1CCc2nc(NC(=O)Nc3cccc(Cl)c3)sc2C1. The van der Waals surface area contributed by atoms with E-state index in [0.29, 0.717) is 50.9 Å². The number of fused-ring (bicyclic) bond motifs is 2. The Hall–Kier alpha value is -4.22. The monoisotopic (exact) mass is 682 g/mol. The Balaban J connectivity index is 0.000000178. The van der Waals surface area contributed by atoms with Gasteiger partial charge in [0, 0.05) is 37.1 Å². The van der Waals surface area contributed by atoms with E-state index in [1.54, 1.807) is 48.5 Å². The van der Waals surface area contributed by atoms with E-state index >= 15 is 0 Å². The third kappa shape index (κ3) is 8.92. The first-order valence-electron chi connectivity index (χ1n) is 14.0. The van der Waals surface area contributed by atoms with E-state index in [1.165, 1.54) is 22.7 Å². The van der Waals surface area contributed by atoms with Crippen molar-refractivity contribution in [1.82, 2.24) is 9.97 Å². The van der Waals surface area contributed by atoms with Crippen LogP contribution in [-0.2, 0) is 30.5 Å². The molecule has 0 bridgehead atoms. The molecule has 4 aromatic rings. The van der Waals surface area contributed by atoms with E-state index in [0.717, 1.165) is 40.4 Å². The van der Waals surface area contributed by atoms with Gasteiger partial charge in [-0.15, -0.1) is 22.7 Å². The van der Waals surface area contributed by atoms with Gasteiger partial charge in [-0.2, -0.15) is 5.26 Å². The fourth-order valence-electron chi connectivity index (χ4n) is 4.86. The average molecular weight is 684 g/mol. The molecule has 2 unspecified atom stereocenters. The third-order valence-corrected chi connectivity index (χ3v) is 9.61. The number of nitrogens with zero attached hydrogens (tertiary/aromatic N) is 3. The highest BCUT2D eigenvalue weighted by atomic mass is 35.5. The van der Waals surface area contributed by atoms with Crippen LogP contribution in [0.15, 0.2) is 48.5 Å². The summed E-state index contributed by atoms with van der Waals surface area (Å²) in [6, 6.07) is 15.4. The van der Waals surface area contributed by atoms with Crippen LogP contribution >= 0.6 is 45.9 Å². The second-order valence-corrected chi connectivity index (χ2v) is 13.4. The van der Waals surface area contributed by atoms with Crippen molar-refractivity contribution in [2.75, 3.05) is 21.3 Å². The average Bonchev–Trinajstić information content (AvgIpc) is 3.58. The molecule has 2 heterocycles. The molecule has 0 aliphatic heterocycles. The number of carbonyl (C=O) groups excluding carboxylic acids is 3. The summed E-state index contributed by atoms with van der Waals surface area (Å²) in [5.74, 6) is -0.366. The summed E-state index contributed by atoms with van der Waals surface area (Å²) in [5, 5.41) is 22.0. The quantitative estimate of drug-likeness (QED) is 0.150. The van der Waals surface area contributed by atoms with Gasteiger partial charge in [0.25, 0.3) is 0 Å². The molecule has 2 aliphatic rings. The van der Waals surface area contributed by atoms with E-state index in [1.807, 2.05) is 0 Å². The lowest BCUT2D eigenvalue weighted by molar-refractivity contribution is -0.122. The lowest BCUT2D eigenvalue weighted by Gasteiger charge is -2.17. The van der Waals surface area contributed by atoms with Crippen molar-refractivity contribution in [2.24, 2.45) is 17.6 Å². The molecule has 45 heavy (non-hydrogen) atoms. The number of rotatable bonds is 5. The molecule has 0 saturated heterocycles. The molecule has 2 aliphatic carbocycles. The lowest BCUT2D eigenvalue weighted by Crippen LogP contribution is -2.28. The van der Waals surface area contributed by atoms with Crippen LogP contribution in [0.4, 0.5) is 31.2 Å². The zero-order chi connectivity index (χ0) is 31.9. The van der Waals surface area contributed by atoms with Crippen LogP contribution in [-0.4, -0.2) is 27.9 Å². The predicted octanol–water partition coefficient (Wildman–Crippen LogP) is 7.10. The zero-order valence-electron chi connectivity index (χ0n) is 23.7. The molecule has 6 N–H and O–H groups in total. The van der Waals surface area contributed by atoms with E-state index in [2.05, 4.69) is 37.3 Å². The number of thiazole rings is 2. The molecule has 5 amide bonds. The molecule has 0 fully saturated rings. The molecule has 2 aromatic heterocycles. The van der Waals surface area contributed by atoms with E-state index in [-0.39, 0.29) is 29.8 Å². The summed E-state index contributed by atoms with van der Waals surface area (Å²) in [6.45, 7) is 0. The van der Waals surface area contributed by atoms with Gasteiger partial charge in [-0.1, -0.05) is 35.3 Å². The van der Waals surface area contributed by atoms with Crippen LogP contribution in [0, 0.1) is 23.2 Å². The number of nitrogens with two attached hydrogens (primary N) is 1. The van der Waals surface area contributed by atoms with Crippen LogP contribution in [0.2, 0.25) is 10.0 Å². The number of nitrogens with one attached hydrogen (secondary N) is 4. The molecule has 0 spiro atoms. The highest BCUT2D eigenvalue weighted by Gasteiger charge is 2.26. The zero-order valence-corrected chi connectivity index (χ0v) is 26.9. The van der Waals surface area contributed by atoms with Crippen molar-refractivity contribution < 1.29 is 14.4 Å². The van der Waals surface area contributed by atoms with Gasteiger partial charge >= 0.3 is 12.1 Å². The second kappa shape index (κ2) is 14.7. The Bertz CT molecular complexity index is 1770. The molecule has 2 atom stereocenters. The molecular formula is C30H28Cl2N8O3S2. The fraction of sp³-hybridized carbons (Fsp3) is 0.267. The van der Waals surface area contributed by atoms with Crippen molar-refractivity contribution >= 4 is 85.5 Å². The van der Waals surface area contributed by atoms with Gasteiger partial charge in [-0.25, -0.2) is 19.6 Å². The van der Waals surface area contributed by atoms with Crippen molar-refractivity contribution in [2.45, 2.75) is 38.5 Å². The molecular weight excluding hydrogens is 655 g/mol. The van der Waals surface area contributed by atoms with Crippen LogP contribution in [0.25, 0.3) is 0 Å². The number of aromatic nitrogens is 2. The maximum atomic E-state index is 12.0. The van der Waals surface area contributed by atoms with Gasteiger partial charge in [-0.3, -0.25) is 15.4 Å². The smallest absolute Gasteiger partial charge is 0.325 e. The number of benzene rings is 2. The molecule has 11 nitrogen and oxygen atoms in total. The Morgan fingerprint density at radius 1 is 0.800 bits per heavy atom. The third-order valence-electron chi connectivity index (χ3n) is 7.07. The van der Waals surface area contributed by atoms with Crippen LogP contribution in [0.3, 0.4) is 0 Å². The van der Waals surface area contributed by atoms with Gasteiger partial charge in [-0.05, 0) is 74.9 Å². The van der Waals surface area contributed by atoms with Crippen molar-refractivity contribution in [3.63, 3.8) is 0 Å². The Kier molecular flexibility index (Phi) is 10.5. The number of anilines is 4. The molecule has 232 valence electrons. The summed E-state index contributed by atoms with van der Waals surface area (Å²) < 4.78 is 0. The number of aryl methyl sites for hydroxylation is 2. The number of primary amides is 1. The highest BCUT2D eigenvalue weighted by Crippen LogP contribution is 2.33. The fourth-order valence-corrected chi connectivity index (χ4v) is 7.41. The summed E-state index contributed by atoms with van der Waals surface area (Å²) in [7, 11) is 0. The first kappa shape index (κ1) is 32.2. The van der Waals surface area contributed by atoms with Crippen LogP contribution < -0.4 is 27.0 Å². The Morgan fingerprint density at radius 2 is 1.31 bits per heavy atom. The lowest BCUT2D eigenvalue weighted by atomic mass is 9.91. The maximum Gasteiger partial charge on any atom is 0.325 e. The minimum atomic E-state index is -0.384. The molecule has 2 aromatic carbocycles. The summed E-state index contributed by atoms with van der Waals surface area (Å²) in [5.41, 5.74) is 8.52. The highest BCUT2D eigenvalue weighted by molar-refractivity contribution is 7.16. The van der Waals surface area contributed by atoms with Crippen molar-refractivity contribution in [3.05, 3.63) is 79.7 Å². The van der Waals surface area contributed by atoms with E-state index in [4.69, 9.17) is 34.2 Å². The van der Waals surface area contributed by atoms with Crippen LogP contribution in [0.1, 0.15) is 34.0 Å². The maximum absolute atomic E-state index is 12.0. The van der Waals surface area contributed by atoms with Gasteiger partial charge in [0.05, 0.1) is 23.4 Å². The Labute approximate surface area is 277 Å². The minimum absolute atomic E-state index is 0.0566. The number of hydrogen-bond acceptors (Lipinski definition) is 8. The van der Waals surface area contributed by atoms with Crippen molar-refractivity contribution in [3.8, 4) is 6.07 Å². The molecule has 15 heteroatoms. The second-order valence-electron chi connectivity index (χ2n) is 10.4. The van der Waals surface area contributed by atoms with Gasteiger partial charge in [0.15, 0.2) is 10.3 Å². The van der Waals surface area contributed by atoms with Crippen LogP contribution in [0.5, 0.6) is 0 Å². The number of carbonyl (C=O) groups is 3. The predicted molar refractivity (Wildman–Crippen MR) is 178 cm³/mol. The number of urea groups is 2. The number of halogens is 2. The standard InChI is InChI=1S/C15H15ClN4O2S.C15H13ClN4OS/c16-9-2-1-3-10(7-9)18-14(22)20-15-19-11-5-4-8(13(17)21)6-12(11)23-15;16-10-2-1-3-11(7-10)18-14(21)20-15-19-12-5-4-9(8-17)6-13(12)22-15/h1-3,7-8H,4-6H2,(H2,17,21)(H2,18,19,20,22);1-3,7,9H,4-6H2,(H2,18,19,20,21). The van der Waals surface area contributed by atoms with Gasteiger partial charge < -0.3 is 16.4 Å². The first-order chi connectivity index (χ1) is 21.6. The number of nitriles is 1. The van der Waals surface area contributed by atoms with E-state index in [9.17, 15) is 14.4 Å². The number of amides is 5. The number of hydrogen-bond donors (Lipinski definition) is 5. The van der Waals surface area contributed by atoms with E-state index < -0.39 is 0 Å². The normalized spacial score (nSPS) is 16.5. The van der Waals surface area contributed by atoms with Gasteiger partial charge in [0.2, 0.25) is 5.91 Å². The topological polar surface area (TPSA) is 175 Å². The summed E-state index contributed by atoms with van der Waals surface area (Å²) >= 11 is 14.6. The summed E-state index contributed by atoms with van der Waals surface area (Å²) in [6.07, 6.45) is 4.36. The Morgan fingerprint density at radius 3 is 1.80 bits per heavy atom. The molecule has 0 radical (unpaired) electrons.